The van der Waals surface area contributed by atoms with Crippen LogP contribution >= 0.6 is 0 Å². The van der Waals surface area contributed by atoms with Crippen LogP contribution in [0.1, 0.15) is 26.2 Å². The lowest BCUT2D eigenvalue weighted by Gasteiger charge is -2.54. The van der Waals surface area contributed by atoms with Crippen molar-refractivity contribution in [2.45, 2.75) is 26.2 Å². The summed E-state index contributed by atoms with van der Waals surface area (Å²) in [6.45, 7) is 7.99. The first-order chi connectivity index (χ1) is 8.23. The van der Waals surface area contributed by atoms with Gasteiger partial charge in [0.15, 0.2) is 0 Å². The topological polar surface area (TPSA) is 24.5 Å². The lowest BCUT2D eigenvalue weighted by Crippen LogP contribution is -2.58. The highest BCUT2D eigenvalue weighted by atomic mass is 16.5. The van der Waals surface area contributed by atoms with Crippen molar-refractivity contribution in [3.63, 3.8) is 0 Å². The number of piperidine rings is 1. The van der Waals surface area contributed by atoms with Crippen LogP contribution in [-0.4, -0.2) is 51.8 Å². The molecule has 2 fully saturated rings. The summed E-state index contributed by atoms with van der Waals surface area (Å²) in [6, 6.07) is 0. The van der Waals surface area contributed by atoms with Gasteiger partial charge in [-0.2, -0.15) is 0 Å². The minimum atomic E-state index is 0.465. The van der Waals surface area contributed by atoms with Gasteiger partial charge in [-0.1, -0.05) is 13.3 Å². The Morgan fingerprint density at radius 1 is 1.47 bits per heavy atom. The molecule has 3 heteroatoms. The van der Waals surface area contributed by atoms with Crippen LogP contribution in [0.15, 0.2) is 0 Å². The molecule has 2 unspecified atom stereocenters. The van der Waals surface area contributed by atoms with Crippen LogP contribution in [0.2, 0.25) is 0 Å². The van der Waals surface area contributed by atoms with Gasteiger partial charge in [-0.15, -0.1) is 0 Å². The molecule has 0 bridgehead atoms. The highest BCUT2D eigenvalue weighted by Crippen LogP contribution is 2.47. The van der Waals surface area contributed by atoms with Gasteiger partial charge in [0, 0.05) is 12.0 Å². The van der Waals surface area contributed by atoms with E-state index in [1.54, 1.807) is 0 Å². The summed E-state index contributed by atoms with van der Waals surface area (Å²) >= 11 is 0. The Hall–Kier alpha value is -0.120. The molecule has 17 heavy (non-hydrogen) atoms. The number of hydrogen-bond acceptors (Lipinski definition) is 3. The van der Waals surface area contributed by atoms with Gasteiger partial charge in [-0.05, 0) is 51.9 Å². The van der Waals surface area contributed by atoms with Gasteiger partial charge >= 0.3 is 0 Å². The molecule has 2 atom stereocenters. The van der Waals surface area contributed by atoms with E-state index in [0.29, 0.717) is 5.41 Å². The van der Waals surface area contributed by atoms with Gasteiger partial charge < -0.3 is 15.0 Å². The summed E-state index contributed by atoms with van der Waals surface area (Å²) in [5.74, 6) is 1.62. The molecule has 2 rings (SSSR count). The predicted octanol–water partition coefficient (Wildman–Crippen LogP) is 1.59. The summed E-state index contributed by atoms with van der Waals surface area (Å²) in [5.41, 5.74) is 0.465. The molecule has 2 saturated heterocycles. The van der Waals surface area contributed by atoms with Gasteiger partial charge in [0.25, 0.3) is 0 Å². The van der Waals surface area contributed by atoms with E-state index in [9.17, 15) is 0 Å². The minimum absolute atomic E-state index is 0.465. The minimum Gasteiger partial charge on any atom is -0.380 e. The number of ether oxygens (including phenoxy) is 1. The zero-order chi connectivity index (χ0) is 12.3. The third kappa shape index (κ3) is 2.51. The van der Waals surface area contributed by atoms with E-state index in [2.05, 4.69) is 31.2 Å². The van der Waals surface area contributed by atoms with Crippen LogP contribution in [0.25, 0.3) is 0 Å². The summed E-state index contributed by atoms with van der Waals surface area (Å²) in [5, 5.41) is 3.37. The lowest BCUT2D eigenvalue weighted by atomic mass is 9.62. The SMILES string of the molecule is CCC(CNC)C1(C2CCCN(C)C2)COC1. The molecule has 2 aliphatic heterocycles. The quantitative estimate of drug-likeness (QED) is 0.790. The van der Waals surface area contributed by atoms with Gasteiger partial charge in [0.1, 0.15) is 0 Å². The maximum absolute atomic E-state index is 5.61. The largest absolute Gasteiger partial charge is 0.380 e. The molecule has 0 spiro atoms. The van der Waals surface area contributed by atoms with Crippen LogP contribution in [0.4, 0.5) is 0 Å². The maximum Gasteiger partial charge on any atom is 0.0551 e. The molecule has 0 aromatic carbocycles. The Kier molecular flexibility index (Phi) is 4.45. The van der Waals surface area contributed by atoms with Crippen molar-refractivity contribution in [1.29, 1.82) is 0 Å². The number of nitrogens with zero attached hydrogens (tertiary/aromatic N) is 1. The number of nitrogens with one attached hydrogen (secondary N) is 1. The van der Waals surface area contributed by atoms with Gasteiger partial charge in [0.2, 0.25) is 0 Å². The van der Waals surface area contributed by atoms with Crippen LogP contribution in [-0.2, 0) is 4.74 Å². The third-order valence-corrected chi connectivity index (χ3v) is 4.94. The second kappa shape index (κ2) is 5.68. The van der Waals surface area contributed by atoms with Crippen molar-refractivity contribution in [3.8, 4) is 0 Å². The zero-order valence-electron chi connectivity index (χ0n) is 11.7. The molecular formula is C14H28N2O. The van der Waals surface area contributed by atoms with Crippen molar-refractivity contribution in [3.05, 3.63) is 0 Å². The van der Waals surface area contributed by atoms with Gasteiger partial charge in [-0.25, -0.2) is 0 Å². The van der Waals surface area contributed by atoms with Crippen molar-refractivity contribution in [2.75, 3.05) is 46.9 Å². The van der Waals surface area contributed by atoms with E-state index in [4.69, 9.17) is 4.74 Å². The van der Waals surface area contributed by atoms with Gasteiger partial charge in [-0.3, -0.25) is 0 Å². The van der Waals surface area contributed by atoms with Crippen molar-refractivity contribution in [2.24, 2.45) is 17.3 Å². The molecule has 0 saturated carbocycles. The highest BCUT2D eigenvalue weighted by molar-refractivity contribution is 4.99. The van der Waals surface area contributed by atoms with E-state index < -0.39 is 0 Å². The van der Waals surface area contributed by atoms with E-state index in [0.717, 1.165) is 31.6 Å². The monoisotopic (exact) mass is 240 g/mol. The molecule has 1 N–H and O–H groups in total. The van der Waals surface area contributed by atoms with Crippen molar-refractivity contribution >= 4 is 0 Å². The normalized spacial score (nSPS) is 30.9. The molecule has 0 amide bonds. The van der Waals surface area contributed by atoms with Crippen LogP contribution in [0.5, 0.6) is 0 Å². The summed E-state index contributed by atoms with van der Waals surface area (Å²) in [7, 11) is 4.33. The molecule has 3 nitrogen and oxygen atoms in total. The second-order valence-corrected chi connectivity index (χ2v) is 5.99. The molecule has 2 heterocycles. The maximum atomic E-state index is 5.61. The smallest absolute Gasteiger partial charge is 0.0551 e. The van der Waals surface area contributed by atoms with Gasteiger partial charge in [0.05, 0.1) is 13.2 Å². The summed E-state index contributed by atoms with van der Waals surface area (Å²) in [4.78, 5) is 2.50. The van der Waals surface area contributed by atoms with Crippen molar-refractivity contribution in [1.82, 2.24) is 10.2 Å². The van der Waals surface area contributed by atoms with E-state index >= 15 is 0 Å². The molecule has 0 aromatic rings. The van der Waals surface area contributed by atoms with E-state index in [-0.39, 0.29) is 0 Å². The standard InChI is InChI=1S/C14H28N2O/c1-4-12(8-15-2)14(10-17-11-14)13-6-5-7-16(3)9-13/h12-13,15H,4-11H2,1-3H3. The molecule has 0 aromatic heterocycles. The third-order valence-electron chi connectivity index (χ3n) is 4.94. The Morgan fingerprint density at radius 2 is 2.24 bits per heavy atom. The molecule has 2 aliphatic rings. The van der Waals surface area contributed by atoms with Crippen LogP contribution in [0.3, 0.4) is 0 Å². The van der Waals surface area contributed by atoms with E-state index in [1.807, 2.05) is 0 Å². The fourth-order valence-corrected chi connectivity index (χ4v) is 3.78. The molecule has 100 valence electrons. The zero-order valence-corrected chi connectivity index (χ0v) is 11.7. The highest BCUT2D eigenvalue weighted by Gasteiger charge is 2.50. The fourth-order valence-electron chi connectivity index (χ4n) is 3.78. The Labute approximate surface area is 106 Å². The predicted molar refractivity (Wildman–Crippen MR) is 71.2 cm³/mol. The first-order valence-corrected chi connectivity index (χ1v) is 7.14. The Morgan fingerprint density at radius 3 is 2.71 bits per heavy atom. The second-order valence-electron chi connectivity index (χ2n) is 5.99. The summed E-state index contributed by atoms with van der Waals surface area (Å²) < 4.78 is 5.61. The first-order valence-electron chi connectivity index (χ1n) is 7.14. The number of likely N-dealkylation sites (tertiary alicyclic amines) is 1. The average molecular weight is 240 g/mol. The van der Waals surface area contributed by atoms with Crippen molar-refractivity contribution < 1.29 is 4.74 Å². The fraction of sp³-hybridized carbons (Fsp3) is 1.00. The number of rotatable bonds is 5. The average Bonchev–Trinajstić information content (AvgIpc) is 2.26. The number of hydrogen-bond donors (Lipinski definition) is 1. The lowest BCUT2D eigenvalue weighted by molar-refractivity contribution is -0.187. The van der Waals surface area contributed by atoms with Crippen LogP contribution < -0.4 is 5.32 Å². The molecule has 0 radical (unpaired) electrons. The molecular weight excluding hydrogens is 212 g/mol. The summed E-state index contributed by atoms with van der Waals surface area (Å²) in [6.07, 6.45) is 4.03. The Bertz CT molecular complexity index is 240. The molecule has 0 aliphatic carbocycles. The first kappa shape index (κ1) is 13.3. The Balaban J connectivity index is 2.06. The van der Waals surface area contributed by atoms with E-state index in [1.165, 1.54) is 32.4 Å². The van der Waals surface area contributed by atoms with Crippen LogP contribution in [0, 0.1) is 17.3 Å².